The van der Waals surface area contributed by atoms with Gasteiger partial charge >= 0.3 is 16.4 Å². The molecule has 0 bridgehead atoms. The Morgan fingerprint density at radius 3 is 2.00 bits per heavy atom. The Balaban J connectivity index is 2.88. The molecule has 0 saturated carbocycles. The Morgan fingerprint density at radius 2 is 1.65 bits per heavy atom. The average Bonchev–Trinajstić information content (AvgIpc) is 2.14. The van der Waals surface area contributed by atoms with Gasteiger partial charge in [0, 0.05) is 6.04 Å². The van der Waals surface area contributed by atoms with E-state index in [2.05, 4.69) is 0 Å². The third-order valence-electron chi connectivity index (χ3n) is 2.04. The largest absolute Gasteiger partial charge is 0.416 e. The molecule has 0 aromatic heterocycles. The summed E-state index contributed by atoms with van der Waals surface area (Å²) in [7, 11) is -4.76. The minimum absolute atomic E-state index is 0.124. The van der Waals surface area contributed by atoms with E-state index in [1.165, 1.54) is 0 Å². The van der Waals surface area contributed by atoms with Gasteiger partial charge in [0.1, 0.15) is 0 Å². The minimum Gasteiger partial charge on any atom is -0.323 e. The first-order valence-corrected chi connectivity index (χ1v) is 6.00. The topological polar surface area (TPSA) is 60.2 Å². The Hall–Kier alpha value is -1.15. The van der Waals surface area contributed by atoms with Gasteiger partial charge in [0.15, 0.2) is 0 Å². The van der Waals surface area contributed by atoms with E-state index in [1.807, 2.05) is 0 Å². The van der Waals surface area contributed by atoms with Crippen molar-refractivity contribution in [1.82, 2.24) is 0 Å². The second-order valence-electron chi connectivity index (χ2n) is 3.43. The van der Waals surface area contributed by atoms with Crippen LogP contribution in [0.4, 0.5) is 17.1 Å². The van der Waals surface area contributed by atoms with E-state index in [1.54, 1.807) is 0 Å². The molecule has 0 amide bonds. The van der Waals surface area contributed by atoms with Crippen LogP contribution < -0.4 is 5.73 Å². The van der Waals surface area contributed by atoms with Gasteiger partial charge in [0.05, 0.1) is 11.3 Å². The second-order valence-corrected chi connectivity index (χ2v) is 4.84. The molecule has 96 valence electrons. The summed E-state index contributed by atoms with van der Waals surface area (Å²) >= 11 is 0. The van der Waals surface area contributed by atoms with E-state index >= 15 is 0 Å². The number of alkyl halides is 3. The van der Waals surface area contributed by atoms with Crippen LogP contribution in [0.3, 0.4) is 0 Å². The summed E-state index contributed by atoms with van der Waals surface area (Å²) in [5.41, 5.74) is 4.59. The van der Waals surface area contributed by atoms with Crippen molar-refractivity contribution >= 4 is 10.2 Å². The molecule has 0 heterocycles. The molecule has 17 heavy (non-hydrogen) atoms. The second kappa shape index (κ2) is 4.61. The number of halogens is 4. The first-order valence-electron chi connectivity index (χ1n) is 4.44. The van der Waals surface area contributed by atoms with Crippen molar-refractivity contribution in [1.29, 1.82) is 0 Å². The van der Waals surface area contributed by atoms with Gasteiger partial charge in [-0.2, -0.15) is 21.6 Å². The molecule has 1 atom stereocenters. The third-order valence-corrected chi connectivity index (χ3v) is 2.80. The molecule has 1 aromatic carbocycles. The Kier molecular flexibility index (Phi) is 3.78. The molecule has 2 N–H and O–H groups in total. The highest BCUT2D eigenvalue weighted by Crippen LogP contribution is 2.29. The van der Waals surface area contributed by atoms with Crippen molar-refractivity contribution in [3.63, 3.8) is 0 Å². The van der Waals surface area contributed by atoms with Gasteiger partial charge in [-0.25, -0.2) is 0 Å². The maximum atomic E-state index is 12.3. The van der Waals surface area contributed by atoms with E-state index in [-0.39, 0.29) is 5.56 Å². The van der Waals surface area contributed by atoms with Gasteiger partial charge in [-0.3, -0.25) is 0 Å². The van der Waals surface area contributed by atoms with Crippen LogP contribution in [-0.4, -0.2) is 14.2 Å². The summed E-state index contributed by atoms with van der Waals surface area (Å²) in [4.78, 5) is 0. The summed E-state index contributed by atoms with van der Waals surface area (Å²) in [5, 5.41) is 0. The lowest BCUT2D eigenvalue weighted by Crippen LogP contribution is -2.19. The summed E-state index contributed by atoms with van der Waals surface area (Å²) < 4.78 is 69.5. The lowest BCUT2D eigenvalue weighted by atomic mass is 10.1. The summed E-state index contributed by atoms with van der Waals surface area (Å²) in [5.74, 6) is -0.960. The molecule has 8 heteroatoms. The van der Waals surface area contributed by atoms with Gasteiger partial charge in [0.2, 0.25) is 0 Å². The first kappa shape index (κ1) is 13.9. The van der Waals surface area contributed by atoms with Crippen LogP contribution in [0.2, 0.25) is 0 Å². The van der Waals surface area contributed by atoms with Crippen LogP contribution in [0.15, 0.2) is 24.3 Å². The molecule has 1 aromatic rings. The highest BCUT2D eigenvalue weighted by atomic mass is 32.3. The molecule has 0 aliphatic carbocycles. The number of benzene rings is 1. The van der Waals surface area contributed by atoms with Crippen molar-refractivity contribution in [2.75, 3.05) is 5.75 Å². The molecule has 0 radical (unpaired) electrons. The van der Waals surface area contributed by atoms with E-state index in [0.717, 1.165) is 24.3 Å². The molecule has 0 saturated heterocycles. The molecule has 3 nitrogen and oxygen atoms in total. The maximum absolute atomic E-state index is 12.3. The third kappa shape index (κ3) is 4.31. The van der Waals surface area contributed by atoms with Gasteiger partial charge in [0.25, 0.3) is 0 Å². The van der Waals surface area contributed by atoms with Gasteiger partial charge in [-0.1, -0.05) is 12.1 Å². The zero-order valence-corrected chi connectivity index (χ0v) is 9.22. The number of rotatable bonds is 3. The smallest absolute Gasteiger partial charge is 0.323 e. The SMILES string of the molecule is NC(CS(=O)(=O)F)c1ccc(C(F)(F)F)cc1. The molecular weight excluding hydrogens is 262 g/mol. The van der Waals surface area contributed by atoms with Crippen molar-refractivity contribution in [3.05, 3.63) is 35.4 Å². The standard InChI is InChI=1S/C9H9F4NO2S/c10-9(11,12)7-3-1-6(2-4-7)8(14)5-17(13,15)16/h1-4,8H,5,14H2. The summed E-state index contributed by atoms with van der Waals surface area (Å²) in [6, 6.07) is 2.39. The Morgan fingerprint density at radius 1 is 1.18 bits per heavy atom. The molecule has 0 spiro atoms. The fraction of sp³-hybridized carbons (Fsp3) is 0.333. The predicted molar refractivity (Wildman–Crippen MR) is 53.3 cm³/mol. The van der Waals surface area contributed by atoms with Crippen LogP contribution in [0.1, 0.15) is 17.2 Å². The molecule has 0 fully saturated rings. The van der Waals surface area contributed by atoms with Crippen LogP contribution in [-0.2, 0) is 16.4 Å². The Bertz CT molecular complexity index is 481. The fourth-order valence-electron chi connectivity index (χ4n) is 1.23. The zero-order chi connectivity index (χ0) is 13.3. The van der Waals surface area contributed by atoms with Crippen LogP contribution >= 0.6 is 0 Å². The number of hydrogen-bond donors (Lipinski definition) is 1. The highest BCUT2D eigenvalue weighted by molar-refractivity contribution is 7.86. The van der Waals surface area contributed by atoms with E-state index in [0.29, 0.717) is 0 Å². The molecule has 0 aliphatic heterocycles. The lowest BCUT2D eigenvalue weighted by Gasteiger charge is -2.11. The van der Waals surface area contributed by atoms with Crippen molar-refractivity contribution in [2.24, 2.45) is 5.73 Å². The molecule has 0 aliphatic rings. The van der Waals surface area contributed by atoms with E-state index in [9.17, 15) is 25.5 Å². The molecule has 1 unspecified atom stereocenters. The average molecular weight is 271 g/mol. The normalized spacial score (nSPS) is 14.6. The van der Waals surface area contributed by atoms with Gasteiger partial charge in [-0.15, -0.1) is 3.89 Å². The predicted octanol–water partition coefficient (Wildman–Crippen LogP) is 2.00. The summed E-state index contributed by atoms with van der Waals surface area (Å²) in [6.45, 7) is 0. The van der Waals surface area contributed by atoms with Gasteiger partial charge < -0.3 is 5.73 Å². The van der Waals surface area contributed by atoms with Crippen LogP contribution in [0.5, 0.6) is 0 Å². The van der Waals surface area contributed by atoms with Crippen molar-refractivity contribution < 1.29 is 25.5 Å². The van der Waals surface area contributed by atoms with Gasteiger partial charge in [-0.05, 0) is 17.7 Å². The molecular formula is C9H9F4NO2S. The monoisotopic (exact) mass is 271 g/mol. The number of nitrogens with two attached hydrogens (primary N) is 1. The maximum Gasteiger partial charge on any atom is 0.416 e. The van der Waals surface area contributed by atoms with Crippen LogP contribution in [0, 0.1) is 0 Å². The minimum atomic E-state index is -4.76. The Labute approximate surface area is 95.4 Å². The van der Waals surface area contributed by atoms with E-state index in [4.69, 9.17) is 5.73 Å². The number of hydrogen-bond acceptors (Lipinski definition) is 3. The fourth-order valence-corrected chi connectivity index (χ4v) is 1.85. The lowest BCUT2D eigenvalue weighted by molar-refractivity contribution is -0.137. The van der Waals surface area contributed by atoms with E-state index < -0.39 is 33.8 Å². The first-order chi connectivity index (χ1) is 7.59. The van der Waals surface area contributed by atoms with Crippen molar-refractivity contribution in [2.45, 2.75) is 12.2 Å². The molecule has 1 rings (SSSR count). The quantitative estimate of drug-likeness (QED) is 0.675. The van der Waals surface area contributed by atoms with Crippen LogP contribution in [0.25, 0.3) is 0 Å². The van der Waals surface area contributed by atoms with Crippen molar-refractivity contribution in [3.8, 4) is 0 Å². The highest BCUT2D eigenvalue weighted by Gasteiger charge is 2.30. The zero-order valence-electron chi connectivity index (χ0n) is 8.41. The summed E-state index contributed by atoms with van der Waals surface area (Å²) in [6.07, 6.45) is -4.48.